The van der Waals surface area contributed by atoms with Crippen molar-refractivity contribution < 1.29 is 4.74 Å². The Labute approximate surface area is 129 Å². The van der Waals surface area contributed by atoms with Crippen molar-refractivity contribution in [2.24, 2.45) is 0 Å². The van der Waals surface area contributed by atoms with Crippen LogP contribution in [0.5, 0.6) is 0 Å². The van der Waals surface area contributed by atoms with E-state index in [4.69, 9.17) is 4.74 Å². The molecule has 0 aliphatic carbocycles. The van der Waals surface area contributed by atoms with Gasteiger partial charge in [0.05, 0.1) is 6.61 Å². The van der Waals surface area contributed by atoms with E-state index in [0.717, 1.165) is 44.0 Å². The summed E-state index contributed by atoms with van der Waals surface area (Å²) in [5.41, 5.74) is 1.22. The lowest BCUT2D eigenvalue weighted by Gasteiger charge is -2.30. The van der Waals surface area contributed by atoms with Crippen molar-refractivity contribution >= 4 is 11.6 Å². The molecule has 1 heterocycles. The molecule has 0 saturated heterocycles. The average molecular weight is 294 g/mol. The van der Waals surface area contributed by atoms with Crippen LogP contribution in [-0.2, 0) is 11.2 Å². The topological polar surface area (TPSA) is 50.3 Å². The third-order valence-corrected chi connectivity index (χ3v) is 3.40. The van der Waals surface area contributed by atoms with E-state index >= 15 is 0 Å². The lowest BCUT2D eigenvalue weighted by atomic mass is 10.1. The van der Waals surface area contributed by atoms with Crippen LogP contribution in [0.1, 0.15) is 46.1 Å². The average Bonchev–Trinajstić information content (AvgIpc) is 2.47. The van der Waals surface area contributed by atoms with Gasteiger partial charge in [-0.3, -0.25) is 0 Å². The first kappa shape index (κ1) is 17.7. The van der Waals surface area contributed by atoms with Gasteiger partial charge in [-0.05, 0) is 26.7 Å². The Balaban J connectivity index is 3.11. The SMILES string of the molecule is CCCNc1ncnc(N(CCOC)C(C)C)c1CCC. The van der Waals surface area contributed by atoms with Crippen LogP contribution in [0, 0.1) is 0 Å². The predicted molar refractivity (Wildman–Crippen MR) is 89.2 cm³/mol. The molecule has 0 aromatic carbocycles. The molecule has 21 heavy (non-hydrogen) atoms. The Morgan fingerprint density at radius 2 is 2.00 bits per heavy atom. The van der Waals surface area contributed by atoms with Crippen molar-refractivity contribution in [3.63, 3.8) is 0 Å². The number of nitrogens with zero attached hydrogens (tertiary/aromatic N) is 3. The van der Waals surface area contributed by atoms with Gasteiger partial charge >= 0.3 is 0 Å². The summed E-state index contributed by atoms with van der Waals surface area (Å²) in [6, 6.07) is 0.379. The second-order valence-corrected chi connectivity index (χ2v) is 5.48. The van der Waals surface area contributed by atoms with Crippen molar-refractivity contribution in [3.05, 3.63) is 11.9 Å². The van der Waals surface area contributed by atoms with E-state index < -0.39 is 0 Å². The highest BCUT2D eigenvalue weighted by molar-refractivity contribution is 5.59. The molecule has 1 aromatic heterocycles. The van der Waals surface area contributed by atoms with E-state index in [-0.39, 0.29) is 0 Å². The van der Waals surface area contributed by atoms with E-state index in [1.165, 1.54) is 5.56 Å². The summed E-state index contributed by atoms with van der Waals surface area (Å²) in [5, 5.41) is 3.43. The van der Waals surface area contributed by atoms with Gasteiger partial charge in [-0.15, -0.1) is 0 Å². The maximum absolute atomic E-state index is 5.24. The van der Waals surface area contributed by atoms with Gasteiger partial charge in [-0.1, -0.05) is 20.3 Å². The molecule has 0 aliphatic rings. The number of hydrogen-bond donors (Lipinski definition) is 1. The van der Waals surface area contributed by atoms with Gasteiger partial charge in [0, 0.05) is 31.8 Å². The molecular formula is C16H30N4O. The minimum absolute atomic E-state index is 0.379. The molecule has 0 amide bonds. The Morgan fingerprint density at radius 3 is 2.57 bits per heavy atom. The molecule has 0 bridgehead atoms. The fourth-order valence-corrected chi connectivity index (χ4v) is 2.32. The molecule has 0 fully saturated rings. The van der Waals surface area contributed by atoms with Crippen molar-refractivity contribution in [2.75, 3.05) is 37.0 Å². The molecule has 5 nitrogen and oxygen atoms in total. The highest BCUT2D eigenvalue weighted by atomic mass is 16.5. The fourth-order valence-electron chi connectivity index (χ4n) is 2.32. The van der Waals surface area contributed by atoms with Crippen molar-refractivity contribution in [3.8, 4) is 0 Å². The number of hydrogen-bond acceptors (Lipinski definition) is 5. The first-order valence-corrected chi connectivity index (χ1v) is 7.98. The molecule has 0 atom stereocenters. The summed E-state index contributed by atoms with van der Waals surface area (Å²) in [5.74, 6) is 2.02. The van der Waals surface area contributed by atoms with Gasteiger partial charge < -0.3 is 15.0 Å². The second-order valence-electron chi connectivity index (χ2n) is 5.48. The first-order valence-electron chi connectivity index (χ1n) is 7.98. The molecule has 120 valence electrons. The van der Waals surface area contributed by atoms with Crippen LogP contribution in [0.4, 0.5) is 11.6 Å². The number of anilines is 2. The standard InChI is InChI=1S/C16H30N4O/c1-6-8-14-15(17-9-7-2)18-12-19-16(14)20(13(3)4)10-11-21-5/h12-13H,6-11H2,1-5H3,(H,17,18,19). The van der Waals surface area contributed by atoms with E-state index in [9.17, 15) is 0 Å². The van der Waals surface area contributed by atoms with Gasteiger partial charge in [0.2, 0.25) is 0 Å². The lowest BCUT2D eigenvalue weighted by molar-refractivity contribution is 0.203. The molecule has 5 heteroatoms. The molecule has 0 aliphatic heterocycles. The van der Waals surface area contributed by atoms with Gasteiger partial charge in [-0.2, -0.15) is 0 Å². The van der Waals surface area contributed by atoms with Gasteiger partial charge in [0.25, 0.3) is 0 Å². The minimum Gasteiger partial charge on any atom is -0.383 e. The second kappa shape index (κ2) is 9.55. The third-order valence-electron chi connectivity index (χ3n) is 3.40. The van der Waals surface area contributed by atoms with Crippen molar-refractivity contribution in [2.45, 2.75) is 53.0 Å². The highest BCUT2D eigenvalue weighted by Gasteiger charge is 2.18. The number of aromatic nitrogens is 2. The summed E-state index contributed by atoms with van der Waals surface area (Å²) in [7, 11) is 1.74. The maximum atomic E-state index is 5.24. The Hall–Kier alpha value is -1.36. The summed E-state index contributed by atoms with van der Waals surface area (Å²) in [6.45, 7) is 11.2. The van der Waals surface area contributed by atoms with Crippen LogP contribution in [0.2, 0.25) is 0 Å². The summed E-state index contributed by atoms with van der Waals surface area (Å²) in [4.78, 5) is 11.3. The zero-order valence-corrected chi connectivity index (χ0v) is 14.1. The molecule has 0 radical (unpaired) electrons. The summed E-state index contributed by atoms with van der Waals surface area (Å²) < 4.78 is 5.24. The number of rotatable bonds is 10. The molecule has 0 spiro atoms. The number of nitrogens with one attached hydrogen (secondary N) is 1. The van der Waals surface area contributed by atoms with Gasteiger partial charge in [0.15, 0.2) is 0 Å². The van der Waals surface area contributed by atoms with Crippen LogP contribution in [-0.4, -0.2) is 42.8 Å². The summed E-state index contributed by atoms with van der Waals surface area (Å²) in [6.07, 6.45) is 4.81. The molecule has 1 rings (SSSR count). The Kier molecular flexibility index (Phi) is 8.05. The van der Waals surface area contributed by atoms with E-state index in [1.54, 1.807) is 13.4 Å². The van der Waals surface area contributed by atoms with Gasteiger partial charge in [-0.25, -0.2) is 9.97 Å². The normalized spacial score (nSPS) is 11.0. The largest absolute Gasteiger partial charge is 0.383 e. The summed E-state index contributed by atoms with van der Waals surface area (Å²) >= 11 is 0. The minimum atomic E-state index is 0.379. The maximum Gasteiger partial charge on any atom is 0.137 e. The van der Waals surface area contributed by atoms with Crippen LogP contribution in [0.3, 0.4) is 0 Å². The van der Waals surface area contributed by atoms with Crippen LogP contribution < -0.4 is 10.2 Å². The van der Waals surface area contributed by atoms with Crippen LogP contribution in [0.15, 0.2) is 6.33 Å². The highest BCUT2D eigenvalue weighted by Crippen LogP contribution is 2.26. The van der Waals surface area contributed by atoms with Crippen LogP contribution in [0.25, 0.3) is 0 Å². The molecule has 0 saturated carbocycles. The molecule has 0 unspecified atom stereocenters. The van der Waals surface area contributed by atoms with Crippen molar-refractivity contribution in [1.29, 1.82) is 0 Å². The zero-order valence-electron chi connectivity index (χ0n) is 14.1. The molecule has 1 aromatic rings. The Morgan fingerprint density at radius 1 is 1.24 bits per heavy atom. The molecular weight excluding hydrogens is 264 g/mol. The quantitative estimate of drug-likeness (QED) is 0.718. The van der Waals surface area contributed by atoms with Crippen molar-refractivity contribution in [1.82, 2.24) is 9.97 Å². The first-order chi connectivity index (χ1) is 10.2. The van der Waals surface area contributed by atoms with Gasteiger partial charge in [0.1, 0.15) is 18.0 Å². The third kappa shape index (κ3) is 5.16. The van der Waals surface area contributed by atoms with E-state index in [1.807, 2.05) is 0 Å². The Bertz CT molecular complexity index is 409. The fraction of sp³-hybridized carbons (Fsp3) is 0.750. The predicted octanol–water partition coefficient (Wildman–Crippen LogP) is 3.11. The zero-order chi connectivity index (χ0) is 15.7. The van der Waals surface area contributed by atoms with E-state index in [0.29, 0.717) is 12.6 Å². The smallest absolute Gasteiger partial charge is 0.137 e. The number of ether oxygens (including phenoxy) is 1. The molecule has 1 N–H and O–H groups in total. The number of methoxy groups -OCH3 is 1. The lowest BCUT2D eigenvalue weighted by Crippen LogP contribution is -2.35. The monoisotopic (exact) mass is 294 g/mol. The van der Waals surface area contributed by atoms with Crippen LogP contribution >= 0.6 is 0 Å². The van der Waals surface area contributed by atoms with E-state index in [2.05, 4.69) is 47.9 Å².